The summed E-state index contributed by atoms with van der Waals surface area (Å²) in [5, 5.41) is 3.52. The molecule has 0 fully saturated rings. The van der Waals surface area contributed by atoms with Gasteiger partial charge in [-0.05, 0) is 59.6 Å². The maximum absolute atomic E-state index is 4.64. The maximum Gasteiger partial charge on any atom is 0.171 e. The van der Waals surface area contributed by atoms with Gasteiger partial charge in [0.25, 0.3) is 0 Å². The Labute approximate surface area is 131 Å². The fraction of sp³-hybridized carbons (Fsp3) is 0.562. The Kier molecular flexibility index (Phi) is 5.06. The van der Waals surface area contributed by atoms with E-state index in [0.29, 0.717) is 0 Å². The summed E-state index contributed by atoms with van der Waals surface area (Å²) in [5.74, 6) is 0.795. The Morgan fingerprint density at radius 2 is 1.81 bits per heavy atom. The summed E-state index contributed by atoms with van der Waals surface area (Å²) < 4.78 is 0. The lowest BCUT2D eigenvalue weighted by molar-refractivity contribution is 0.422. The first-order valence-corrected chi connectivity index (χ1v) is 8.23. The van der Waals surface area contributed by atoms with Crippen molar-refractivity contribution in [3.63, 3.8) is 0 Å². The summed E-state index contributed by atoms with van der Waals surface area (Å²) in [6, 6.07) is 0. The van der Waals surface area contributed by atoms with Crippen LogP contribution in [0.15, 0.2) is 11.7 Å². The van der Waals surface area contributed by atoms with Crippen molar-refractivity contribution < 1.29 is 0 Å². The van der Waals surface area contributed by atoms with Crippen molar-refractivity contribution in [3.8, 4) is 10.7 Å². The molecule has 5 heteroatoms. The van der Waals surface area contributed by atoms with E-state index in [2.05, 4.69) is 54.9 Å². The monoisotopic (exact) mass is 304 g/mol. The SMILES string of the molecule is Cc1nc(-c2cncs2)nc(C)c1CCCNC(C)(C)C. The van der Waals surface area contributed by atoms with Crippen molar-refractivity contribution in [1.29, 1.82) is 0 Å². The zero-order chi connectivity index (χ0) is 15.5. The molecule has 0 aromatic carbocycles. The third-order valence-corrected chi connectivity index (χ3v) is 4.10. The zero-order valence-electron chi connectivity index (χ0n) is 13.5. The highest BCUT2D eigenvalue weighted by atomic mass is 32.1. The number of nitrogens with zero attached hydrogens (tertiary/aromatic N) is 3. The third-order valence-electron chi connectivity index (χ3n) is 3.33. The molecule has 4 nitrogen and oxygen atoms in total. The van der Waals surface area contributed by atoms with Crippen LogP contribution in [0.25, 0.3) is 10.7 Å². The van der Waals surface area contributed by atoms with Gasteiger partial charge in [-0.1, -0.05) is 0 Å². The highest BCUT2D eigenvalue weighted by Gasteiger charge is 2.12. The number of aromatic nitrogens is 3. The van der Waals surface area contributed by atoms with Gasteiger partial charge in [-0.3, -0.25) is 4.98 Å². The Balaban J connectivity index is 2.04. The fourth-order valence-corrected chi connectivity index (χ4v) is 2.82. The van der Waals surface area contributed by atoms with Gasteiger partial charge in [0.05, 0.1) is 10.4 Å². The van der Waals surface area contributed by atoms with Crippen molar-refractivity contribution in [2.75, 3.05) is 6.54 Å². The molecular formula is C16H24N4S. The van der Waals surface area contributed by atoms with Gasteiger partial charge in [-0.15, -0.1) is 11.3 Å². The van der Waals surface area contributed by atoms with Gasteiger partial charge in [0, 0.05) is 23.1 Å². The van der Waals surface area contributed by atoms with Crippen LogP contribution in [-0.2, 0) is 6.42 Å². The molecular weight excluding hydrogens is 280 g/mol. The number of aryl methyl sites for hydroxylation is 2. The van der Waals surface area contributed by atoms with Gasteiger partial charge in [-0.25, -0.2) is 9.97 Å². The molecule has 0 aliphatic heterocycles. The Morgan fingerprint density at radius 3 is 2.33 bits per heavy atom. The maximum atomic E-state index is 4.64. The molecule has 0 spiro atoms. The third kappa shape index (κ3) is 4.58. The lowest BCUT2D eigenvalue weighted by atomic mass is 10.1. The molecule has 0 atom stereocenters. The van der Waals surface area contributed by atoms with Crippen LogP contribution >= 0.6 is 11.3 Å². The molecule has 0 unspecified atom stereocenters. The van der Waals surface area contributed by atoms with Crippen LogP contribution in [-0.4, -0.2) is 27.0 Å². The lowest BCUT2D eigenvalue weighted by Crippen LogP contribution is -2.36. The van der Waals surface area contributed by atoms with Crippen LogP contribution in [0.4, 0.5) is 0 Å². The van der Waals surface area contributed by atoms with Crippen LogP contribution in [0.5, 0.6) is 0 Å². The first-order chi connectivity index (χ1) is 9.87. The van der Waals surface area contributed by atoms with E-state index in [9.17, 15) is 0 Å². The second-order valence-corrected chi connectivity index (χ2v) is 7.23. The summed E-state index contributed by atoms with van der Waals surface area (Å²) in [7, 11) is 0. The summed E-state index contributed by atoms with van der Waals surface area (Å²) in [6.07, 6.45) is 3.94. The second kappa shape index (κ2) is 6.62. The Morgan fingerprint density at radius 1 is 1.14 bits per heavy atom. The van der Waals surface area contributed by atoms with E-state index >= 15 is 0 Å². The van der Waals surface area contributed by atoms with E-state index in [4.69, 9.17) is 0 Å². The van der Waals surface area contributed by atoms with Gasteiger partial charge in [0.1, 0.15) is 0 Å². The van der Waals surface area contributed by atoms with Crippen LogP contribution in [0, 0.1) is 13.8 Å². The second-order valence-electron chi connectivity index (χ2n) is 6.34. The van der Waals surface area contributed by atoms with Crippen molar-refractivity contribution in [3.05, 3.63) is 28.7 Å². The zero-order valence-corrected chi connectivity index (χ0v) is 14.3. The number of nitrogens with one attached hydrogen (secondary N) is 1. The van der Waals surface area contributed by atoms with E-state index in [1.54, 1.807) is 11.3 Å². The van der Waals surface area contributed by atoms with E-state index in [1.165, 1.54) is 5.56 Å². The van der Waals surface area contributed by atoms with E-state index in [-0.39, 0.29) is 5.54 Å². The molecule has 2 heterocycles. The van der Waals surface area contributed by atoms with E-state index < -0.39 is 0 Å². The first-order valence-electron chi connectivity index (χ1n) is 7.35. The minimum atomic E-state index is 0.177. The van der Waals surface area contributed by atoms with Gasteiger partial charge in [-0.2, -0.15) is 0 Å². The molecule has 2 aromatic rings. The van der Waals surface area contributed by atoms with Gasteiger partial charge in [0.2, 0.25) is 0 Å². The molecule has 0 aliphatic carbocycles. The average molecular weight is 304 g/mol. The van der Waals surface area contributed by atoms with Crippen molar-refractivity contribution in [1.82, 2.24) is 20.3 Å². The number of hydrogen-bond acceptors (Lipinski definition) is 5. The molecule has 2 aromatic heterocycles. The lowest BCUT2D eigenvalue weighted by Gasteiger charge is -2.20. The van der Waals surface area contributed by atoms with E-state index in [1.807, 2.05) is 11.7 Å². The molecule has 0 saturated heterocycles. The molecule has 0 saturated carbocycles. The van der Waals surface area contributed by atoms with Crippen LogP contribution in [0.3, 0.4) is 0 Å². The largest absolute Gasteiger partial charge is 0.312 e. The minimum absolute atomic E-state index is 0.177. The fourth-order valence-electron chi connectivity index (χ4n) is 2.27. The van der Waals surface area contributed by atoms with Crippen molar-refractivity contribution in [2.45, 2.75) is 53.0 Å². The van der Waals surface area contributed by atoms with Crippen molar-refractivity contribution in [2.24, 2.45) is 0 Å². The molecule has 114 valence electrons. The van der Waals surface area contributed by atoms with Crippen LogP contribution < -0.4 is 5.32 Å². The summed E-state index contributed by atoms with van der Waals surface area (Å²) in [5.41, 5.74) is 5.44. The normalized spacial score (nSPS) is 11.9. The van der Waals surface area contributed by atoms with Crippen molar-refractivity contribution >= 4 is 11.3 Å². The van der Waals surface area contributed by atoms with Gasteiger partial charge >= 0.3 is 0 Å². The topological polar surface area (TPSA) is 50.7 Å². The molecule has 0 amide bonds. The molecule has 0 radical (unpaired) electrons. The van der Waals surface area contributed by atoms with E-state index in [0.717, 1.165) is 41.5 Å². The predicted octanol–water partition coefficient (Wildman–Crippen LogP) is 3.54. The molecule has 21 heavy (non-hydrogen) atoms. The standard InChI is InChI=1S/C16H24N4S/c1-11-13(7-6-8-18-16(3,4)5)12(2)20-15(19-11)14-9-17-10-21-14/h9-10,18H,6-8H2,1-5H3. The van der Waals surface area contributed by atoms with Gasteiger partial charge in [0.15, 0.2) is 5.82 Å². The van der Waals surface area contributed by atoms with Crippen LogP contribution in [0.2, 0.25) is 0 Å². The highest BCUT2D eigenvalue weighted by Crippen LogP contribution is 2.22. The quantitative estimate of drug-likeness (QED) is 0.858. The molecule has 2 rings (SSSR count). The highest BCUT2D eigenvalue weighted by molar-refractivity contribution is 7.13. The Hall–Kier alpha value is -1.33. The summed E-state index contributed by atoms with van der Waals surface area (Å²) in [4.78, 5) is 14.4. The summed E-state index contributed by atoms with van der Waals surface area (Å²) in [6.45, 7) is 11.7. The Bertz CT molecular complexity index is 562. The molecule has 1 N–H and O–H groups in total. The average Bonchev–Trinajstić information content (AvgIpc) is 2.89. The molecule has 0 bridgehead atoms. The smallest absolute Gasteiger partial charge is 0.171 e. The minimum Gasteiger partial charge on any atom is -0.312 e. The number of thiazole rings is 1. The van der Waals surface area contributed by atoms with Gasteiger partial charge < -0.3 is 5.32 Å². The van der Waals surface area contributed by atoms with Crippen LogP contribution in [0.1, 0.15) is 44.1 Å². The molecule has 0 aliphatic rings. The summed E-state index contributed by atoms with van der Waals surface area (Å²) >= 11 is 1.58. The number of rotatable bonds is 5. The number of hydrogen-bond donors (Lipinski definition) is 1. The predicted molar refractivity (Wildman–Crippen MR) is 88.7 cm³/mol. The first kappa shape index (κ1) is 16.0.